The Labute approximate surface area is 164 Å². The van der Waals surface area contributed by atoms with Crippen molar-refractivity contribution in [2.45, 2.75) is 38.4 Å². The molecule has 1 aliphatic carbocycles. The van der Waals surface area contributed by atoms with Crippen LogP contribution in [0.25, 0.3) is 0 Å². The lowest BCUT2D eigenvalue weighted by Crippen LogP contribution is -2.40. The zero-order chi connectivity index (χ0) is 19.3. The van der Waals surface area contributed by atoms with Crippen molar-refractivity contribution < 1.29 is 23.5 Å². The van der Waals surface area contributed by atoms with Gasteiger partial charge >= 0.3 is 0 Å². The molecule has 28 heavy (non-hydrogen) atoms. The number of carbonyl (C=O) groups is 1. The van der Waals surface area contributed by atoms with E-state index in [1.165, 1.54) is 24.0 Å². The summed E-state index contributed by atoms with van der Waals surface area (Å²) >= 11 is 0. The normalized spacial score (nSPS) is 19.1. The van der Waals surface area contributed by atoms with E-state index >= 15 is 0 Å². The summed E-state index contributed by atoms with van der Waals surface area (Å²) in [5.74, 6) is 1.13. The minimum absolute atomic E-state index is 0.110. The fourth-order valence-corrected chi connectivity index (χ4v) is 3.66. The number of fused-ring (bicyclic) bond motifs is 1. The van der Waals surface area contributed by atoms with Crippen molar-refractivity contribution in [2.24, 2.45) is 0 Å². The number of aromatic nitrogens is 1. The lowest BCUT2D eigenvalue weighted by atomic mass is 9.92. The van der Waals surface area contributed by atoms with Crippen molar-refractivity contribution in [1.82, 2.24) is 10.1 Å². The molecule has 1 aromatic heterocycles. The van der Waals surface area contributed by atoms with Crippen LogP contribution < -0.4 is 4.74 Å². The summed E-state index contributed by atoms with van der Waals surface area (Å²) in [5.41, 5.74) is 3.05. The Morgan fingerprint density at radius 1 is 1.21 bits per heavy atom. The number of benzene rings is 1. The van der Waals surface area contributed by atoms with Gasteiger partial charge in [0.1, 0.15) is 12.4 Å². The van der Waals surface area contributed by atoms with E-state index in [1.54, 1.807) is 18.0 Å². The Morgan fingerprint density at radius 2 is 2.07 bits per heavy atom. The van der Waals surface area contributed by atoms with Gasteiger partial charge in [-0.2, -0.15) is 0 Å². The molecule has 2 aromatic rings. The third-order valence-corrected chi connectivity index (χ3v) is 5.19. The highest BCUT2D eigenvalue weighted by Gasteiger charge is 2.22. The fourth-order valence-electron chi connectivity index (χ4n) is 3.66. The summed E-state index contributed by atoms with van der Waals surface area (Å²) in [5, 5.41) is 3.89. The molecule has 1 aliphatic heterocycles. The lowest BCUT2D eigenvalue weighted by Gasteiger charge is -2.27. The van der Waals surface area contributed by atoms with E-state index < -0.39 is 0 Å². The van der Waals surface area contributed by atoms with Crippen molar-refractivity contribution in [3.05, 3.63) is 46.8 Å². The monoisotopic (exact) mass is 386 g/mol. The van der Waals surface area contributed by atoms with Gasteiger partial charge in [0.05, 0.1) is 25.9 Å². The number of nitrogens with zero attached hydrogens (tertiary/aromatic N) is 2. The number of aryl methyl sites for hydroxylation is 2. The summed E-state index contributed by atoms with van der Waals surface area (Å²) in [6.07, 6.45) is 4.64. The highest BCUT2D eigenvalue weighted by atomic mass is 16.6. The molecule has 1 saturated heterocycles. The van der Waals surface area contributed by atoms with E-state index in [2.05, 4.69) is 17.3 Å². The van der Waals surface area contributed by atoms with Gasteiger partial charge in [-0.15, -0.1) is 0 Å². The molecular formula is C21H26N2O5. The minimum atomic E-state index is -0.210. The minimum Gasteiger partial charge on any atom is -0.486 e. The molecule has 2 heterocycles. The second-order valence-electron chi connectivity index (χ2n) is 7.36. The van der Waals surface area contributed by atoms with Crippen LogP contribution in [0.15, 0.2) is 28.8 Å². The Hall–Kier alpha value is -2.38. The first kappa shape index (κ1) is 19.0. The molecule has 4 rings (SSSR count). The summed E-state index contributed by atoms with van der Waals surface area (Å²) in [7, 11) is 1.72. The SMILES string of the molecule is CN(CC1COCCO1)C(=O)c1cc(COc2ccc3c(c2)CCCC3)on1. The maximum atomic E-state index is 12.5. The smallest absolute Gasteiger partial charge is 0.275 e. The van der Waals surface area contributed by atoms with Crippen LogP contribution in [-0.2, 0) is 28.9 Å². The van der Waals surface area contributed by atoms with Gasteiger partial charge in [-0.3, -0.25) is 4.79 Å². The highest BCUT2D eigenvalue weighted by Crippen LogP contribution is 2.26. The maximum Gasteiger partial charge on any atom is 0.275 e. The third-order valence-electron chi connectivity index (χ3n) is 5.19. The van der Waals surface area contributed by atoms with E-state index in [9.17, 15) is 4.79 Å². The van der Waals surface area contributed by atoms with Gasteiger partial charge in [-0.1, -0.05) is 11.2 Å². The molecule has 1 aromatic carbocycles. The van der Waals surface area contributed by atoms with E-state index in [-0.39, 0.29) is 24.3 Å². The topological polar surface area (TPSA) is 74.0 Å². The van der Waals surface area contributed by atoms with Gasteiger partial charge in [-0.05, 0) is 48.9 Å². The number of hydrogen-bond donors (Lipinski definition) is 0. The standard InChI is InChI=1S/C21H26N2O5/c1-23(12-19-13-25-8-9-26-19)21(24)20-11-18(28-22-20)14-27-17-7-6-15-4-2-3-5-16(15)10-17/h6-7,10-11,19H,2-5,8-9,12-14H2,1H3. The molecule has 0 saturated carbocycles. The van der Waals surface area contributed by atoms with Crippen molar-refractivity contribution in [3.63, 3.8) is 0 Å². The van der Waals surface area contributed by atoms with Crippen molar-refractivity contribution in [1.29, 1.82) is 0 Å². The average Bonchev–Trinajstić information content (AvgIpc) is 3.21. The second kappa shape index (κ2) is 8.75. The Balaban J connectivity index is 1.31. The van der Waals surface area contributed by atoms with Gasteiger partial charge in [0, 0.05) is 19.7 Å². The predicted molar refractivity (Wildman–Crippen MR) is 101 cm³/mol. The zero-order valence-corrected chi connectivity index (χ0v) is 16.2. The first-order valence-electron chi connectivity index (χ1n) is 9.84. The molecule has 0 spiro atoms. The fraction of sp³-hybridized carbons (Fsp3) is 0.524. The summed E-state index contributed by atoms with van der Waals surface area (Å²) in [6, 6.07) is 7.88. The summed E-state index contributed by atoms with van der Waals surface area (Å²) < 4.78 is 22.1. The maximum absolute atomic E-state index is 12.5. The van der Waals surface area contributed by atoms with Crippen LogP contribution in [0.5, 0.6) is 5.75 Å². The van der Waals surface area contributed by atoms with Crippen LogP contribution in [0.3, 0.4) is 0 Å². The largest absolute Gasteiger partial charge is 0.486 e. The lowest BCUT2D eigenvalue weighted by molar-refractivity contribution is -0.0934. The number of carbonyl (C=O) groups excluding carboxylic acids is 1. The van der Waals surface area contributed by atoms with Crippen molar-refractivity contribution in [3.8, 4) is 5.75 Å². The number of likely N-dealkylation sites (N-methyl/N-ethyl adjacent to an activating group) is 1. The number of ether oxygens (including phenoxy) is 3. The van der Waals surface area contributed by atoms with Crippen LogP contribution in [-0.4, -0.2) is 55.5 Å². The molecule has 1 amide bonds. The van der Waals surface area contributed by atoms with Gasteiger partial charge in [0.2, 0.25) is 0 Å². The zero-order valence-electron chi connectivity index (χ0n) is 16.2. The molecule has 2 aliphatic rings. The Morgan fingerprint density at radius 3 is 2.89 bits per heavy atom. The van der Waals surface area contributed by atoms with E-state index in [0.29, 0.717) is 32.1 Å². The van der Waals surface area contributed by atoms with Gasteiger partial charge in [0.15, 0.2) is 11.5 Å². The molecule has 1 fully saturated rings. The first-order valence-corrected chi connectivity index (χ1v) is 9.84. The average molecular weight is 386 g/mol. The van der Waals surface area contributed by atoms with Crippen molar-refractivity contribution >= 4 is 5.91 Å². The molecule has 7 heteroatoms. The van der Waals surface area contributed by atoms with E-state index in [0.717, 1.165) is 18.6 Å². The molecule has 7 nitrogen and oxygen atoms in total. The number of hydrogen-bond acceptors (Lipinski definition) is 6. The first-order chi connectivity index (χ1) is 13.7. The molecule has 0 N–H and O–H groups in total. The molecule has 0 radical (unpaired) electrons. The quantitative estimate of drug-likeness (QED) is 0.760. The third kappa shape index (κ3) is 4.54. The van der Waals surface area contributed by atoms with E-state index in [1.807, 2.05) is 6.07 Å². The molecule has 1 unspecified atom stereocenters. The van der Waals surface area contributed by atoms with Crippen molar-refractivity contribution in [2.75, 3.05) is 33.4 Å². The number of rotatable bonds is 6. The summed E-state index contributed by atoms with van der Waals surface area (Å²) in [4.78, 5) is 14.1. The Bertz CT molecular complexity index is 813. The van der Waals surface area contributed by atoms with Crippen LogP contribution in [0.2, 0.25) is 0 Å². The summed E-state index contributed by atoms with van der Waals surface area (Å²) in [6.45, 7) is 2.34. The van der Waals surface area contributed by atoms with Gasteiger partial charge in [-0.25, -0.2) is 0 Å². The van der Waals surface area contributed by atoms with E-state index in [4.69, 9.17) is 18.7 Å². The van der Waals surface area contributed by atoms with Crippen LogP contribution in [0.1, 0.15) is 40.2 Å². The number of amides is 1. The second-order valence-corrected chi connectivity index (χ2v) is 7.36. The Kier molecular flexibility index (Phi) is 5.92. The molecule has 0 bridgehead atoms. The van der Waals surface area contributed by atoms with Crippen LogP contribution >= 0.6 is 0 Å². The molecule has 150 valence electrons. The van der Waals surface area contributed by atoms with Gasteiger partial charge in [0.25, 0.3) is 5.91 Å². The van der Waals surface area contributed by atoms with Crippen LogP contribution in [0, 0.1) is 0 Å². The molecule has 1 atom stereocenters. The predicted octanol–water partition coefficient (Wildman–Crippen LogP) is 2.62. The van der Waals surface area contributed by atoms with Crippen LogP contribution in [0.4, 0.5) is 0 Å². The molecular weight excluding hydrogens is 360 g/mol. The van der Waals surface area contributed by atoms with Gasteiger partial charge < -0.3 is 23.6 Å². The highest BCUT2D eigenvalue weighted by molar-refractivity contribution is 5.92.